The molecule has 0 bridgehead atoms. The SMILES string of the molecule is CC(C(C)(C)C)C(C)(C)C.CC(C)(C)C(C)(C)C(C)(C)C.CC1(C)CC(C)(C)CC(C)(C)C1.CC1(C)CCCCC1.CC1C(C)(C)CCCC1(C)C.CC1CC(C)(C)CC(C)(C)C1.CC1CCC(C)(C)CC1.CC1CCC2(CCCCC2)CC1.CCC1CC(C)(C)CC(C)(C)C1.CCC1CCCCC1. The Morgan fingerprint density at radius 1 is 0.269 bits per heavy atom. The molecule has 1 spiro atoms. The van der Waals surface area contributed by atoms with Crippen molar-refractivity contribution in [3.05, 3.63) is 0 Å². The summed E-state index contributed by atoms with van der Waals surface area (Å²) in [5, 5.41) is 0. The van der Waals surface area contributed by atoms with Gasteiger partial charge in [-0.15, -0.1) is 0 Å². The topological polar surface area (TPSA) is 0 Å². The first-order valence-corrected chi connectivity index (χ1v) is 46.3. The molecule has 9 fully saturated rings. The normalized spacial score (nSPS) is 26.3. The molecule has 0 N–H and O–H groups in total. The van der Waals surface area contributed by atoms with Gasteiger partial charge in [0.1, 0.15) is 0 Å². The van der Waals surface area contributed by atoms with Crippen LogP contribution in [-0.2, 0) is 0 Å². The Hall–Kier alpha value is 0. The van der Waals surface area contributed by atoms with Crippen LogP contribution >= 0.6 is 0 Å². The molecule has 0 heterocycles. The van der Waals surface area contributed by atoms with Gasteiger partial charge >= 0.3 is 0 Å². The van der Waals surface area contributed by atoms with Crippen LogP contribution in [-0.4, -0.2) is 0 Å². The lowest BCUT2D eigenvalue weighted by atomic mass is 9.56. The Morgan fingerprint density at radius 3 is 0.779 bits per heavy atom. The Morgan fingerprint density at radius 2 is 0.548 bits per heavy atom. The minimum atomic E-state index is 0.375. The van der Waals surface area contributed by atoms with Gasteiger partial charge in [-0.05, 0) is 255 Å². The standard InChI is InChI=1S/C12H22.2C12H24.2C11H22.C11H24.C10H22.C9H18.2C8H16/c1-11-5-9-12(10-6-11)7-3-2-4-8-12;1-10(2)7-11(3,4)9-12(5,6)8-10;1-6-10-7-11(2,3)9-12(4,5)8-10;1-9-6-10(2,3)8-11(4,5)7-9;1-9-10(2,3)7-6-8-11(9,4)5;1-9(2,3)11(7,8)10(4,5)6;1-8(9(2,3)4)10(5,6)7;1-8-4-6-9(2,3)7-5-8;1-8(2)6-4-3-5-7-8;1-2-8-6-4-3-5-7-8/h11H,2-10H2,1H3;7-9H2,1-6H3;10H,6-9H2,1-5H3;2*9H,6-8H2,1-5H3;1-8H3;8H,1-7H3;8H,4-7H2,1-3H3;3-7H2,1-2H3;8H,2-7H2,1H3. The van der Waals surface area contributed by atoms with Crippen LogP contribution < -0.4 is 0 Å². The first-order valence-electron chi connectivity index (χ1n) is 46.3. The average Bonchev–Trinajstić information content (AvgIpc) is 0.776. The lowest BCUT2D eigenvalue weighted by Crippen LogP contribution is -2.41. The van der Waals surface area contributed by atoms with E-state index in [-0.39, 0.29) is 0 Å². The van der Waals surface area contributed by atoms with Crippen LogP contribution in [0.3, 0.4) is 0 Å². The molecule has 9 aliphatic rings. The van der Waals surface area contributed by atoms with E-state index in [2.05, 4.69) is 298 Å². The van der Waals surface area contributed by atoms with Gasteiger partial charge in [-0.2, -0.15) is 0 Å². The van der Waals surface area contributed by atoms with Gasteiger partial charge in [0.25, 0.3) is 0 Å². The summed E-state index contributed by atoms with van der Waals surface area (Å²) in [7, 11) is 0. The van der Waals surface area contributed by atoms with Crippen molar-refractivity contribution in [3.63, 3.8) is 0 Å². The van der Waals surface area contributed by atoms with Crippen molar-refractivity contribution in [2.45, 2.75) is 535 Å². The molecule has 0 nitrogen and oxygen atoms in total. The molecule has 0 aromatic carbocycles. The summed E-state index contributed by atoms with van der Waals surface area (Å²) in [6.45, 7) is 102. The third-order valence-electron chi connectivity index (χ3n) is 30.6. The maximum Gasteiger partial charge on any atom is -0.0257 e. The zero-order valence-electron chi connectivity index (χ0n) is 81.7. The largest absolute Gasteiger partial charge is 0.0651 e. The molecule has 0 aromatic heterocycles. The molecule has 0 radical (unpaired) electrons. The summed E-state index contributed by atoms with van der Waals surface area (Å²) < 4.78 is 0. The molecule has 104 heavy (non-hydrogen) atoms. The lowest BCUT2D eigenvalue weighted by Gasteiger charge is -2.49. The van der Waals surface area contributed by atoms with Crippen LogP contribution in [0.2, 0.25) is 0 Å². The molecule has 9 aliphatic carbocycles. The van der Waals surface area contributed by atoms with Crippen molar-refractivity contribution in [1.29, 1.82) is 0 Å². The summed E-state index contributed by atoms with van der Waals surface area (Å²) in [4.78, 5) is 0. The van der Waals surface area contributed by atoms with E-state index in [1.807, 2.05) is 0 Å². The molecular weight excluding hydrogens is 1250 g/mol. The zero-order valence-corrected chi connectivity index (χ0v) is 81.7. The van der Waals surface area contributed by atoms with Crippen LogP contribution in [0.25, 0.3) is 0 Å². The van der Waals surface area contributed by atoms with Gasteiger partial charge in [0.2, 0.25) is 0 Å². The van der Waals surface area contributed by atoms with E-state index in [1.165, 1.54) is 212 Å². The van der Waals surface area contributed by atoms with E-state index in [4.69, 9.17) is 0 Å². The lowest BCUT2D eigenvalue weighted by molar-refractivity contribution is 0.00574. The van der Waals surface area contributed by atoms with Gasteiger partial charge in [0.15, 0.2) is 0 Å². The van der Waals surface area contributed by atoms with Crippen molar-refractivity contribution in [1.82, 2.24) is 0 Å². The van der Waals surface area contributed by atoms with E-state index in [9.17, 15) is 0 Å². The molecule has 0 unspecified atom stereocenters. The Bertz CT molecular complexity index is 2090. The van der Waals surface area contributed by atoms with Crippen molar-refractivity contribution in [2.24, 2.45) is 133 Å². The Balaban J connectivity index is 0.00000114. The summed E-state index contributed by atoms with van der Waals surface area (Å²) in [6.07, 6.45) is 54.1. The van der Waals surface area contributed by atoms with Crippen LogP contribution in [0.5, 0.6) is 0 Å². The van der Waals surface area contributed by atoms with Crippen molar-refractivity contribution in [3.8, 4) is 0 Å². The molecule has 0 atom stereocenters. The summed E-state index contributed by atoms with van der Waals surface area (Å²) in [6, 6.07) is 0. The molecular formula is C104H210. The minimum absolute atomic E-state index is 0.375. The molecule has 0 amide bonds. The average molecular weight is 1460 g/mol. The van der Waals surface area contributed by atoms with E-state index in [1.54, 1.807) is 25.7 Å². The second kappa shape index (κ2) is 41.9. The molecule has 0 aromatic rings. The fraction of sp³-hybridized carbons (Fsp3) is 1.00. The first kappa shape index (κ1) is 104. The van der Waals surface area contributed by atoms with Gasteiger partial charge in [0, 0.05) is 0 Å². The van der Waals surface area contributed by atoms with E-state index < -0.39 is 0 Å². The molecule has 0 heteroatoms. The van der Waals surface area contributed by atoms with E-state index in [0.717, 1.165) is 46.8 Å². The Kier molecular flexibility index (Phi) is 41.9. The predicted molar refractivity (Wildman–Crippen MR) is 481 cm³/mol. The molecule has 626 valence electrons. The van der Waals surface area contributed by atoms with Gasteiger partial charge in [0.05, 0.1) is 0 Å². The summed E-state index contributed by atoms with van der Waals surface area (Å²) >= 11 is 0. The monoisotopic (exact) mass is 1460 g/mol. The fourth-order valence-electron chi connectivity index (χ4n) is 23.6. The van der Waals surface area contributed by atoms with Crippen LogP contribution in [0, 0.1) is 133 Å². The van der Waals surface area contributed by atoms with Crippen LogP contribution in [0.4, 0.5) is 0 Å². The summed E-state index contributed by atoms with van der Waals surface area (Å²) in [5.41, 5.74) is 9.32. The van der Waals surface area contributed by atoms with Gasteiger partial charge < -0.3 is 0 Å². The Labute approximate surface area is 664 Å². The first-order chi connectivity index (χ1) is 46.3. The number of rotatable bonds is 2. The second-order valence-corrected chi connectivity index (χ2v) is 52.6. The highest BCUT2D eigenvalue weighted by Gasteiger charge is 2.45. The highest BCUT2D eigenvalue weighted by Crippen LogP contribution is 2.56. The molecule has 9 saturated carbocycles. The van der Waals surface area contributed by atoms with Crippen LogP contribution in [0.15, 0.2) is 0 Å². The van der Waals surface area contributed by atoms with E-state index >= 15 is 0 Å². The minimum Gasteiger partial charge on any atom is -0.0651 e. The van der Waals surface area contributed by atoms with Gasteiger partial charge in [-0.1, -0.05) is 413 Å². The number of hydrogen-bond donors (Lipinski definition) is 0. The third-order valence-corrected chi connectivity index (χ3v) is 30.6. The smallest absolute Gasteiger partial charge is 0.0257 e. The van der Waals surface area contributed by atoms with Crippen molar-refractivity contribution < 1.29 is 0 Å². The molecule has 0 aliphatic heterocycles. The van der Waals surface area contributed by atoms with Crippen molar-refractivity contribution >= 4 is 0 Å². The number of hydrogen-bond acceptors (Lipinski definition) is 0. The maximum atomic E-state index is 2.43. The highest BCUT2D eigenvalue weighted by molar-refractivity contribution is 4.96. The fourth-order valence-corrected chi connectivity index (χ4v) is 23.6. The second-order valence-electron chi connectivity index (χ2n) is 52.6. The van der Waals surface area contributed by atoms with Gasteiger partial charge in [-0.25, -0.2) is 0 Å². The third kappa shape index (κ3) is 42.8. The van der Waals surface area contributed by atoms with Crippen molar-refractivity contribution in [2.75, 3.05) is 0 Å². The van der Waals surface area contributed by atoms with E-state index in [0.29, 0.717) is 86.6 Å². The molecule has 0 saturated heterocycles. The summed E-state index contributed by atoms with van der Waals surface area (Å²) in [5.74, 6) is 6.64. The van der Waals surface area contributed by atoms with Crippen LogP contribution in [0.1, 0.15) is 535 Å². The highest BCUT2D eigenvalue weighted by atomic mass is 14.5. The predicted octanol–water partition coefficient (Wildman–Crippen LogP) is 37.4. The maximum absolute atomic E-state index is 2.43. The quantitative estimate of drug-likeness (QED) is 0.259. The van der Waals surface area contributed by atoms with Gasteiger partial charge in [-0.3, -0.25) is 0 Å². The zero-order chi connectivity index (χ0) is 81.7. The molecule has 9 rings (SSSR count).